The average molecular weight is 1620 g/mol. The van der Waals surface area contributed by atoms with E-state index in [4.69, 9.17) is 34.2 Å². The van der Waals surface area contributed by atoms with Crippen LogP contribution in [0.2, 0.25) is 0 Å². The SMILES string of the molecule is C.COc1cc2ccc3cc2cc1CCCC(C)(C)COC(=O)N[C@@H](C(C)(C)C)C(=O)N1C[C@@]3(OC)C[C@H]1C(=O)N[C@]1(C(=O)NS(=O)(=O)C2CC2)C[C@H]1C(F)F.COc1cc2ccc3cc2cc1CCCC(C)(C)COC(=O)N[C@@H](C(C)(C)C)C(=O)N1C[C@@]3(OC)C[C@H]1C(=O)O.N[C@]1(C(=O)NS(=O)(=O)C2CC2)C[C@H]1C(F)F. The number of nitrogens with one attached hydrogen (secondary N) is 5. The van der Waals surface area contributed by atoms with Crippen molar-refractivity contribution in [1.29, 1.82) is 0 Å². The lowest BCUT2D eigenvalue weighted by atomic mass is 9.85. The zero-order chi connectivity index (χ0) is 81.9. The molecule has 8 N–H and O–H groups in total. The van der Waals surface area contributed by atoms with Crippen LogP contribution >= 0.6 is 0 Å². The van der Waals surface area contributed by atoms with Gasteiger partial charge in [-0.15, -0.1) is 0 Å². The summed E-state index contributed by atoms with van der Waals surface area (Å²) in [5.41, 5.74) is 0.290. The summed E-state index contributed by atoms with van der Waals surface area (Å²) in [4.78, 5) is 109. The Morgan fingerprint density at radius 2 is 0.982 bits per heavy atom. The van der Waals surface area contributed by atoms with Crippen LogP contribution in [0.1, 0.15) is 176 Å². The molecule has 6 fully saturated rings. The lowest BCUT2D eigenvalue weighted by Gasteiger charge is -2.36. The second-order valence-electron chi connectivity index (χ2n) is 34.8. The number of hydrogen-bond acceptors (Lipinski definition) is 19. The topological polar surface area (TPSA) is 373 Å². The van der Waals surface area contributed by atoms with Crippen molar-refractivity contribution in [2.24, 2.45) is 39.2 Å². The molecule has 10 bridgehead atoms. The van der Waals surface area contributed by atoms with Crippen molar-refractivity contribution in [2.45, 2.75) is 236 Å². The molecule has 10 atom stereocenters. The molecule has 112 heavy (non-hydrogen) atoms. The van der Waals surface area contributed by atoms with Gasteiger partial charge in [-0.1, -0.05) is 101 Å². The molecular weight excluding hydrogens is 1510 g/mol. The van der Waals surface area contributed by atoms with Crippen molar-refractivity contribution in [2.75, 3.05) is 54.7 Å². The fraction of sp³-hybridized carbons (Fsp3) is 0.646. The van der Waals surface area contributed by atoms with Gasteiger partial charge in [0, 0.05) is 33.0 Å². The predicted molar refractivity (Wildman–Crippen MR) is 408 cm³/mol. The maximum Gasteiger partial charge on any atom is 0.407 e. The molecule has 4 aromatic carbocycles. The zero-order valence-corrected chi connectivity index (χ0v) is 67.0. The number of aliphatic carboxylic acids is 1. The van der Waals surface area contributed by atoms with E-state index in [1.807, 2.05) is 108 Å². The molecule has 4 saturated carbocycles. The Morgan fingerprint density at radius 3 is 1.34 bits per heavy atom. The van der Waals surface area contributed by atoms with Gasteiger partial charge >= 0.3 is 18.2 Å². The number of carboxylic acids is 1. The second-order valence-corrected chi connectivity index (χ2v) is 38.7. The van der Waals surface area contributed by atoms with Gasteiger partial charge in [-0.25, -0.2) is 48.8 Å². The van der Waals surface area contributed by atoms with Crippen LogP contribution in [0.4, 0.5) is 27.2 Å². The number of alkyl carbamates (subject to hydrolysis) is 2. The molecule has 0 aromatic heterocycles. The number of methoxy groups -OCH3 is 4. The molecular formula is C79H110F4N8O19S2. The third-order valence-electron chi connectivity index (χ3n) is 22.9. The van der Waals surface area contributed by atoms with Crippen molar-refractivity contribution in [3.8, 4) is 11.5 Å². The van der Waals surface area contributed by atoms with Gasteiger partial charge in [-0.2, -0.15) is 0 Å². The van der Waals surface area contributed by atoms with E-state index in [9.17, 15) is 77.9 Å². The van der Waals surface area contributed by atoms with E-state index in [0.717, 1.165) is 81.8 Å². The number of fused-ring (bicyclic) bond motifs is 10. The van der Waals surface area contributed by atoms with Gasteiger partial charge in [0.05, 0.1) is 56.9 Å². The number of carbonyl (C=O) groups is 8. The number of sulfonamides is 2. The normalized spacial score (nSPS) is 28.2. The van der Waals surface area contributed by atoms with E-state index in [1.165, 1.54) is 16.9 Å². The van der Waals surface area contributed by atoms with E-state index >= 15 is 0 Å². The number of hydrogen-bond donors (Lipinski definition) is 7. The molecule has 8 aliphatic rings. The van der Waals surface area contributed by atoms with Crippen LogP contribution in [0.5, 0.6) is 11.5 Å². The summed E-state index contributed by atoms with van der Waals surface area (Å²) in [7, 11) is -1.58. The largest absolute Gasteiger partial charge is 0.496 e. The molecule has 4 aromatic rings. The Morgan fingerprint density at radius 1 is 0.580 bits per heavy atom. The van der Waals surface area contributed by atoms with Gasteiger partial charge < -0.3 is 65.0 Å². The first-order chi connectivity index (χ1) is 51.6. The zero-order valence-electron chi connectivity index (χ0n) is 65.4. The first kappa shape index (κ1) is 87.8. The van der Waals surface area contributed by atoms with Gasteiger partial charge in [0.25, 0.3) is 11.8 Å². The summed E-state index contributed by atoms with van der Waals surface area (Å²) in [6.07, 6.45) is -1.72. The lowest BCUT2D eigenvalue weighted by molar-refractivity contribution is -0.150. The Bertz CT molecular complexity index is 4510. The summed E-state index contributed by atoms with van der Waals surface area (Å²) in [5, 5.41) is 20.5. The molecule has 4 heterocycles. The number of alkyl halides is 4. The minimum atomic E-state index is -4.13. The summed E-state index contributed by atoms with van der Waals surface area (Å²) >= 11 is 0. The van der Waals surface area contributed by atoms with E-state index in [-0.39, 0.29) is 58.4 Å². The predicted octanol–water partition coefficient (Wildman–Crippen LogP) is 9.64. The van der Waals surface area contributed by atoms with E-state index in [1.54, 1.807) is 46.8 Å². The Kier molecular flexibility index (Phi) is 25.6. The Hall–Kier alpha value is -8.14. The highest BCUT2D eigenvalue weighted by molar-refractivity contribution is 7.91. The molecule has 0 spiro atoms. The monoisotopic (exact) mass is 1610 g/mol. The van der Waals surface area contributed by atoms with Crippen LogP contribution in [-0.4, -0.2) is 193 Å². The molecule has 2 saturated heterocycles. The molecule has 33 heteroatoms. The molecule has 4 aliphatic heterocycles. The second kappa shape index (κ2) is 32.6. The van der Waals surface area contributed by atoms with Crippen LogP contribution in [0.25, 0.3) is 21.5 Å². The summed E-state index contributed by atoms with van der Waals surface area (Å²) in [6.45, 7) is 18.9. The maximum atomic E-state index is 14.8. The first-order valence-electron chi connectivity index (χ1n) is 37.4. The maximum absolute atomic E-state index is 14.8. The quantitative estimate of drug-likeness (QED) is 0.0544. The lowest BCUT2D eigenvalue weighted by Crippen LogP contribution is -2.60. The van der Waals surface area contributed by atoms with Gasteiger partial charge in [0.1, 0.15) is 57.9 Å². The number of benzene rings is 4. The first-order valence-corrected chi connectivity index (χ1v) is 40.5. The van der Waals surface area contributed by atoms with Gasteiger partial charge in [0.2, 0.25) is 50.6 Å². The van der Waals surface area contributed by atoms with Crippen LogP contribution in [0.15, 0.2) is 60.7 Å². The summed E-state index contributed by atoms with van der Waals surface area (Å²) < 4.78 is 140. The number of ether oxygens (including phenoxy) is 6. The standard InChI is InChI=1S/C39H52F2N4O9S.C31H42N2O7.C8H12F2N2O3S.CH4/c1-36(2,3)30-33(47)45-20-38(53-7,19-28(45)32(46)43-39(18-27(39)31(40)41)34(48)44-55(50,51)26-12-13-26)25-11-10-22-17-29(52-6)23(15-24(22)16-25)9-8-14-37(4,5)21-54-35(49)42-30;1-29(2,3)25-26(34)33-17-31(39-7,16-23(33)27(35)36)22-11-10-19-15-24(38-6)20(13-21(19)14-22)9-8-12-30(4,5)18-40-28(37)32-25;9-6(10)5-3-8(5,11)7(13)12-16(14,15)4-1-2-4;/h10-11,15-17,26-28,30-31H,8-9,12-14,18-21H2,1-7H3,(H,42,49)(H,43,46)(H,44,48);10-11,13-15,23,25H,8-9,12,16-18H2,1-7H3,(H,32,37)(H,35,36);4-6H,1-3,11H2,(H,12,13);1H4/t27-,28-,30+,38-,39+;23-,25+,31-;5-,8+;/m000./s1. The van der Waals surface area contributed by atoms with Crippen molar-refractivity contribution >= 4 is 89.3 Å². The number of amides is 7. The number of carbonyl (C=O) groups excluding carboxylic acids is 7. The highest BCUT2D eigenvalue weighted by atomic mass is 32.2. The number of nitrogens with two attached hydrogens (primary N) is 1. The average Bonchev–Trinajstić information content (AvgIpc) is 1.46. The Labute approximate surface area is 652 Å². The van der Waals surface area contributed by atoms with Crippen molar-refractivity contribution in [3.63, 3.8) is 0 Å². The van der Waals surface area contributed by atoms with E-state index in [2.05, 4.69) is 22.0 Å². The fourth-order valence-corrected chi connectivity index (χ4v) is 18.1. The molecule has 0 radical (unpaired) electrons. The smallest absolute Gasteiger partial charge is 0.407 e. The number of carboxylic acid groups (broad SMARTS) is 1. The van der Waals surface area contributed by atoms with E-state index < -0.39 is 172 Å². The molecule has 4 aliphatic carbocycles. The molecule has 12 rings (SSSR count). The summed E-state index contributed by atoms with van der Waals surface area (Å²) in [5.74, 6) is -6.82. The molecule has 0 unspecified atom stereocenters. The van der Waals surface area contributed by atoms with Crippen molar-refractivity contribution < 1.29 is 106 Å². The van der Waals surface area contributed by atoms with Crippen LogP contribution < -0.4 is 40.6 Å². The minimum absolute atomic E-state index is 0. The minimum Gasteiger partial charge on any atom is -0.496 e. The van der Waals surface area contributed by atoms with Gasteiger partial charge in [0.15, 0.2) is 0 Å². The Balaban J connectivity index is 0.000000219. The van der Waals surface area contributed by atoms with Crippen LogP contribution in [-0.2, 0) is 91.8 Å². The third-order valence-corrected chi connectivity index (χ3v) is 26.5. The number of cyclic esters (lactones) is 2. The molecule has 620 valence electrons. The fourth-order valence-electron chi connectivity index (χ4n) is 15.3. The molecule has 27 nitrogen and oxygen atoms in total. The molecule has 7 amide bonds. The van der Waals surface area contributed by atoms with Crippen LogP contribution in [0.3, 0.4) is 0 Å². The summed E-state index contributed by atoms with van der Waals surface area (Å²) in [6, 6.07) is 15.0. The van der Waals surface area contributed by atoms with Crippen molar-refractivity contribution in [1.82, 2.24) is 35.2 Å². The highest BCUT2D eigenvalue weighted by Gasteiger charge is 2.68. The van der Waals surface area contributed by atoms with Crippen LogP contribution in [0, 0.1) is 33.5 Å². The highest BCUT2D eigenvalue weighted by Crippen LogP contribution is 2.51. The third kappa shape index (κ3) is 19.1. The van der Waals surface area contributed by atoms with Gasteiger partial charge in [-0.05, 0) is 179 Å². The van der Waals surface area contributed by atoms with Crippen molar-refractivity contribution in [3.05, 3.63) is 82.9 Å². The number of halogens is 4. The van der Waals surface area contributed by atoms with E-state index in [0.29, 0.717) is 37.7 Å². The number of aryl methyl sites for hydroxylation is 2. The number of rotatable bonds is 15. The van der Waals surface area contributed by atoms with Gasteiger partial charge in [-0.3, -0.25) is 33.4 Å². The number of nitrogens with zero attached hydrogens (tertiary/aromatic N) is 2.